The van der Waals surface area contributed by atoms with E-state index in [4.69, 9.17) is 0 Å². The normalized spacial score (nSPS) is 23.6. The van der Waals surface area contributed by atoms with E-state index in [2.05, 4.69) is 23.8 Å². The fraction of sp³-hybridized carbons (Fsp3) is 1.00. The molecule has 0 aromatic heterocycles. The highest BCUT2D eigenvalue weighted by atomic mass is 15.3. The minimum atomic E-state index is 0.713. The maximum atomic E-state index is 2.54. The van der Waals surface area contributed by atoms with Crippen LogP contribution in [0.25, 0.3) is 0 Å². The third kappa shape index (κ3) is 3.76. The molecule has 2 rings (SSSR count). The average Bonchev–Trinajstić information content (AvgIpc) is 2.64. The Hall–Kier alpha value is -0.0800. The standard InChI is InChI=1S/C9H18N2.2C2H6/c1-3-11-7-9(8-11)4-5-10(2)6-9;2*1-2/h3-8H2,1-2H3;2*1-2H3. The summed E-state index contributed by atoms with van der Waals surface area (Å²) in [5.74, 6) is 0. The maximum Gasteiger partial charge on any atom is 0.00968 e. The number of hydrogen-bond donors (Lipinski definition) is 0. The lowest BCUT2D eigenvalue weighted by molar-refractivity contribution is 0.0148. The predicted octanol–water partition coefficient (Wildman–Crippen LogP) is 2.70. The Morgan fingerprint density at radius 1 is 1.00 bits per heavy atom. The van der Waals surface area contributed by atoms with Gasteiger partial charge in [-0.1, -0.05) is 34.6 Å². The van der Waals surface area contributed by atoms with Crippen molar-refractivity contribution in [2.24, 2.45) is 5.41 Å². The molecule has 0 atom stereocenters. The maximum absolute atomic E-state index is 2.54. The van der Waals surface area contributed by atoms with Gasteiger partial charge in [0.1, 0.15) is 0 Å². The van der Waals surface area contributed by atoms with Crippen molar-refractivity contribution in [3.63, 3.8) is 0 Å². The van der Waals surface area contributed by atoms with Gasteiger partial charge in [-0.05, 0) is 26.6 Å². The second-order valence-electron chi connectivity index (χ2n) is 4.29. The first-order valence-corrected chi connectivity index (χ1v) is 6.65. The van der Waals surface area contributed by atoms with Crippen molar-refractivity contribution in [3.05, 3.63) is 0 Å². The van der Waals surface area contributed by atoms with E-state index in [-0.39, 0.29) is 0 Å². The lowest BCUT2D eigenvalue weighted by atomic mass is 9.79. The first-order valence-electron chi connectivity index (χ1n) is 6.65. The number of likely N-dealkylation sites (tertiary alicyclic amines) is 2. The van der Waals surface area contributed by atoms with Crippen LogP contribution < -0.4 is 0 Å². The summed E-state index contributed by atoms with van der Waals surface area (Å²) in [4.78, 5) is 5.01. The highest BCUT2D eigenvalue weighted by Gasteiger charge is 2.45. The van der Waals surface area contributed by atoms with Crippen LogP contribution in [0.5, 0.6) is 0 Å². The summed E-state index contributed by atoms with van der Waals surface area (Å²) < 4.78 is 0. The van der Waals surface area contributed by atoms with Gasteiger partial charge in [-0.15, -0.1) is 0 Å². The third-order valence-electron chi connectivity index (χ3n) is 3.19. The Labute approximate surface area is 96.6 Å². The Kier molecular flexibility index (Phi) is 7.20. The van der Waals surface area contributed by atoms with Gasteiger partial charge in [0, 0.05) is 25.0 Å². The molecule has 0 unspecified atom stereocenters. The van der Waals surface area contributed by atoms with E-state index in [0.29, 0.717) is 5.41 Å². The second-order valence-corrected chi connectivity index (χ2v) is 4.29. The Morgan fingerprint density at radius 2 is 1.53 bits per heavy atom. The fourth-order valence-electron chi connectivity index (χ4n) is 2.54. The van der Waals surface area contributed by atoms with E-state index in [1.54, 1.807) is 0 Å². The molecular weight excluding hydrogens is 184 g/mol. The third-order valence-corrected chi connectivity index (χ3v) is 3.19. The van der Waals surface area contributed by atoms with Gasteiger partial charge in [0.05, 0.1) is 0 Å². The van der Waals surface area contributed by atoms with Crippen molar-refractivity contribution in [2.75, 3.05) is 39.8 Å². The smallest absolute Gasteiger partial charge is 0.00968 e. The van der Waals surface area contributed by atoms with Gasteiger partial charge in [-0.2, -0.15) is 0 Å². The molecule has 0 saturated carbocycles. The molecule has 92 valence electrons. The largest absolute Gasteiger partial charge is 0.306 e. The lowest BCUT2D eigenvalue weighted by Crippen LogP contribution is -2.56. The molecule has 2 nitrogen and oxygen atoms in total. The van der Waals surface area contributed by atoms with Gasteiger partial charge in [-0.3, -0.25) is 0 Å². The van der Waals surface area contributed by atoms with E-state index in [0.717, 1.165) is 0 Å². The predicted molar refractivity (Wildman–Crippen MR) is 69.4 cm³/mol. The van der Waals surface area contributed by atoms with Gasteiger partial charge >= 0.3 is 0 Å². The van der Waals surface area contributed by atoms with E-state index < -0.39 is 0 Å². The molecule has 0 aliphatic carbocycles. The molecule has 2 heteroatoms. The van der Waals surface area contributed by atoms with Crippen LogP contribution in [-0.2, 0) is 0 Å². The van der Waals surface area contributed by atoms with Crippen LogP contribution in [0.1, 0.15) is 41.0 Å². The van der Waals surface area contributed by atoms with Gasteiger partial charge in [0.15, 0.2) is 0 Å². The van der Waals surface area contributed by atoms with Crippen LogP contribution in [0.2, 0.25) is 0 Å². The molecule has 0 bridgehead atoms. The summed E-state index contributed by atoms with van der Waals surface area (Å²) in [7, 11) is 2.24. The van der Waals surface area contributed by atoms with E-state index in [1.807, 2.05) is 27.7 Å². The minimum absolute atomic E-state index is 0.713. The molecule has 1 spiro atoms. The molecular formula is C13H30N2. The zero-order valence-corrected chi connectivity index (χ0v) is 11.6. The minimum Gasteiger partial charge on any atom is -0.306 e. The second kappa shape index (κ2) is 7.24. The van der Waals surface area contributed by atoms with Crippen molar-refractivity contribution in [3.8, 4) is 0 Å². The summed E-state index contributed by atoms with van der Waals surface area (Å²) in [5.41, 5.74) is 0.713. The van der Waals surface area contributed by atoms with Crippen LogP contribution in [0, 0.1) is 5.41 Å². The van der Waals surface area contributed by atoms with Crippen LogP contribution in [-0.4, -0.2) is 49.6 Å². The van der Waals surface area contributed by atoms with Crippen LogP contribution in [0.3, 0.4) is 0 Å². The number of nitrogens with zero attached hydrogens (tertiary/aromatic N) is 2. The summed E-state index contributed by atoms with van der Waals surface area (Å²) in [6.07, 6.45) is 1.43. The highest BCUT2D eigenvalue weighted by molar-refractivity contribution is 5.00. The van der Waals surface area contributed by atoms with Crippen molar-refractivity contribution in [1.82, 2.24) is 9.80 Å². The van der Waals surface area contributed by atoms with E-state index in [1.165, 1.54) is 39.1 Å². The summed E-state index contributed by atoms with van der Waals surface area (Å²) >= 11 is 0. The number of hydrogen-bond acceptors (Lipinski definition) is 2. The van der Waals surface area contributed by atoms with Crippen molar-refractivity contribution < 1.29 is 0 Å². The summed E-state index contributed by atoms with van der Waals surface area (Å²) in [6, 6.07) is 0. The Morgan fingerprint density at radius 3 is 1.87 bits per heavy atom. The molecule has 0 aromatic rings. The molecule has 2 saturated heterocycles. The number of rotatable bonds is 1. The van der Waals surface area contributed by atoms with Gasteiger partial charge < -0.3 is 9.80 Å². The van der Waals surface area contributed by atoms with E-state index >= 15 is 0 Å². The lowest BCUT2D eigenvalue weighted by Gasteiger charge is -2.47. The van der Waals surface area contributed by atoms with Gasteiger partial charge in [-0.25, -0.2) is 0 Å². The zero-order valence-electron chi connectivity index (χ0n) is 11.6. The quantitative estimate of drug-likeness (QED) is 0.662. The van der Waals surface area contributed by atoms with Crippen LogP contribution >= 0.6 is 0 Å². The summed E-state index contributed by atoms with van der Waals surface area (Å²) in [5, 5.41) is 0. The van der Waals surface area contributed by atoms with Crippen molar-refractivity contribution >= 4 is 0 Å². The van der Waals surface area contributed by atoms with Crippen molar-refractivity contribution in [2.45, 2.75) is 41.0 Å². The molecule has 2 aliphatic heterocycles. The molecule has 2 heterocycles. The molecule has 2 fully saturated rings. The molecule has 0 radical (unpaired) electrons. The van der Waals surface area contributed by atoms with Crippen LogP contribution in [0.15, 0.2) is 0 Å². The zero-order chi connectivity index (χ0) is 11.9. The Bertz CT molecular complexity index is 151. The first-order chi connectivity index (χ1) is 7.24. The average molecular weight is 214 g/mol. The molecule has 0 amide bonds. The fourth-order valence-corrected chi connectivity index (χ4v) is 2.54. The molecule has 2 aliphatic rings. The molecule has 0 N–H and O–H groups in total. The monoisotopic (exact) mass is 214 g/mol. The first kappa shape index (κ1) is 14.9. The van der Waals surface area contributed by atoms with Gasteiger partial charge in [0.2, 0.25) is 0 Å². The SMILES string of the molecule is CC.CC.CCN1CC2(CCN(C)C2)C1. The van der Waals surface area contributed by atoms with Gasteiger partial charge in [0.25, 0.3) is 0 Å². The van der Waals surface area contributed by atoms with Crippen molar-refractivity contribution in [1.29, 1.82) is 0 Å². The molecule has 0 aromatic carbocycles. The molecule has 15 heavy (non-hydrogen) atoms. The highest BCUT2D eigenvalue weighted by Crippen LogP contribution is 2.38. The Balaban J connectivity index is 0.000000442. The van der Waals surface area contributed by atoms with Crippen LogP contribution in [0.4, 0.5) is 0 Å². The topological polar surface area (TPSA) is 6.48 Å². The summed E-state index contributed by atoms with van der Waals surface area (Å²) in [6.45, 7) is 16.9. The van der Waals surface area contributed by atoms with E-state index in [9.17, 15) is 0 Å².